The normalized spacial score (nSPS) is 11.7. The number of hydrogen-bond acceptors (Lipinski definition) is 3. The highest BCUT2D eigenvalue weighted by Gasteiger charge is 2.30. The Morgan fingerprint density at radius 2 is 1.85 bits per heavy atom. The number of carbonyl (C=O) groups is 1. The summed E-state index contributed by atoms with van der Waals surface area (Å²) in [5.74, 6) is -0.109. The third kappa shape index (κ3) is 4.42. The lowest BCUT2D eigenvalue weighted by Gasteiger charge is -2.07. The van der Waals surface area contributed by atoms with E-state index in [1.165, 1.54) is 16.8 Å². The smallest absolute Gasteiger partial charge is 0.359 e. The first kappa shape index (κ1) is 21.5. The number of benzene rings is 2. The first-order valence-corrected chi connectivity index (χ1v) is 10.5. The van der Waals surface area contributed by atoms with Gasteiger partial charge in [-0.25, -0.2) is 4.68 Å². The number of aryl methyl sites for hydroxylation is 1. The molecule has 10 heteroatoms. The molecule has 7 nitrogen and oxygen atoms in total. The monoisotopic (exact) mass is 464 g/mol. The van der Waals surface area contributed by atoms with Crippen molar-refractivity contribution < 1.29 is 18.0 Å². The summed E-state index contributed by atoms with van der Waals surface area (Å²) in [4.78, 5) is 15.6. The second kappa shape index (κ2) is 8.54. The number of alkyl halides is 3. The molecule has 0 radical (unpaired) electrons. The maximum absolute atomic E-state index is 12.8. The van der Waals surface area contributed by atoms with Crippen molar-refractivity contribution in [2.75, 3.05) is 5.32 Å². The van der Waals surface area contributed by atoms with Crippen molar-refractivity contribution in [1.29, 1.82) is 0 Å². The molecule has 172 valence electrons. The summed E-state index contributed by atoms with van der Waals surface area (Å²) in [6, 6.07) is 10.6. The molecule has 0 spiro atoms. The number of H-pyrrole nitrogens is 2. The van der Waals surface area contributed by atoms with E-state index in [-0.39, 0.29) is 5.91 Å². The summed E-state index contributed by atoms with van der Waals surface area (Å²) in [6.07, 6.45) is 5.12. The van der Waals surface area contributed by atoms with Crippen LogP contribution in [0.3, 0.4) is 0 Å². The van der Waals surface area contributed by atoms with Crippen molar-refractivity contribution in [3.63, 3.8) is 0 Å². The van der Waals surface area contributed by atoms with Crippen molar-refractivity contribution in [2.45, 2.75) is 19.0 Å². The van der Waals surface area contributed by atoms with Crippen LogP contribution in [-0.4, -0.2) is 30.9 Å². The van der Waals surface area contributed by atoms with E-state index in [0.29, 0.717) is 24.2 Å². The largest absolute Gasteiger partial charge is 0.416 e. The number of amides is 1. The van der Waals surface area contributed by atoms with E-state index in [4.69, 9.17) is 0 Å². The summed E-state index contributed by atoms with van der Waals surface area (Å²) in [7, 11) is 0. The van der Waals surface area contributed by atoms with Crippen LogP contribution in [0.2, 0.25) is 0 Å². The van der Waals surface area contributed by atoms with Gasteiger partial charge in [0.25, 0.3) is 0 Å². The lowest BCUT2D eigenvalue weighted by Crippen LogP contribution is -2.11. The Hall–Kier alpha value is -4.34. The molecular weight excluding hydrogens is 445 g/mol. The number of anilines is 1. The SMILES string of the molecule is O=C(CCc1cn[nH]c1)Nc1c[nH]c2ccc(-c3cnn(-c4ccc(C(F)(F)F)cc4)c3)cc12. The van der Waals surface area contributed by atoms with Gasteiger partial charge in [-0.1, -0.05) is 6.07 Å². The van der Waals surface area contributed by atoms with E-state index in [1.807, 2.05) is 18.2 Å². The van der Waals surface area contributed by atoms with Gasteiger partial charge in [-0.3, -0.25) is 9.89 Å². The molecule has 0 aliphatic heterocycles. The Kier molecular flexibility index (Phi) is 5.40. The topological polar surface area (TPSA) is 91.4 Å². The van der Waals surface area contributed by atoms with E-state index in [0.717, 1.165) is 39.7 Å². The molecule has 5 rings (SSSR count). The molecule has 2 aromatic carbocycles. The van der Waals surface area contributed by atoms with E-state index >= 15 is 0 Å². The van der Waals surface area contributed by atoms with Crippen LogP contribution in [0.15, 0.2) is 73.4 Å². The molecule has 3 aromatic heterocycles. The standard InChI is InChI=1S/C24H19F3N6O/c25-24(26,27)18-3-5-19(6-4-18)33-14-17(12-31-33)16-2-7-21-20(9-16)22(13-28-21)32-23(34)8-1-15-10-29-30-11-15/h2-7,9-14,28H,1,8H2,(H,29,30)(H,32,34). The van der Waals surface area contributed by atoms with Crippen LogP contribution < -0.4 is 5.32 Å². The van der Waals surface area contributed by atoms with Gasteiger partial charge in [0.1, 0.15) is 0 Å². The maximum Gasteiger partial charge on any atom is 0.416 e. The number of fused-ring (bicyclic) bond motifs is 1. The van der Waals surface area contributed by atoms with Crippen LogP contribution in [-0.2, 0) is 17.4 Å². The Morgan fingerprint density at radius 3 is 2.59 bits per heavy atom. The first-order chi connectivity index (χ1) is 16.4. The van der Waals surface area contributed by atoms with Gasteiger partial charge in [0.2, 0.25) is 5.91 Å². The molecule has 0 saturated heterocycles. The molecule has 0 fully saturated rings. The molecule has 1 amide bonds. The maximum atomic E-state index is 12.8. The summed E-state index contributed by atoms with van der Waals surface area (Å²) in [5.41, 5.74) is 3.96. The second-order valence-corrected chi connectivity index (χ2v) is 7.84. The van der Waals surface area contributed by atoms with Crippen molar-refractivity contribution in [3.05, 3.63) is 84.6 Å². The zero-order valence-corrected chi connectivity index (χ0v) is 17.7. The first-order valence-electron chi connectivity index (χ1n) is 10.5. The summed E-state index contributed by atoms with van der Waals surface area (Å²) >= 11 is 0. The van der Waals surface area contributed by atoms with Crippen LogP contribution in [0.25, 0.3) is 27.7 Å². The highest BCUT2D eigenvalue weighted by Crippen LogP contribution is 2.31. The van der Waals surface area contributed by atoms with E-state index < -0.39 is 11.7 Å². The number of nitrogens with one attached hydrogen (secondary N) is 3. The predicted octanol–water partition coefficient (Wildman–Crippen LogP) is 5.33. The average molecular weight is 464 g/mol. The molecule has 3 N–H and O–H groups in total. The third-order valence-electron chi connectivity index (χ3n) is 5.53. The summed E-state index contributed by atoms with van der Waals surface area (Å²) < 4.78 is 40.0. The number of halogens is 3. The highest BCUT2D eigenvalue weighted by atomic mass is 19.4. The van der Waals surface area contributed by atoms with Gasteiger partial charge in [0, 0.05) is 41.5 Å². The second-order valence-electron chi connectivity index (χ2n) is 7.84. The highest BCUT2D eigenvalue weighted by molar-refractivity contribution is 6.02. The van der Waals surface area contributed by atoms with E-state index in [2.05, 4.69) is 25.6 Å². The van der Waals surface area contributed by atoms with Gasteiger partial charge in [-0.15, -0.1) is 0 Å². The fourth-order valence-corrected chi connectivity index (χ4v) is 3.70. The minimum atomic E-state index is -4.38. The number of aromatic amines is 2. The predicted molar refractivity (Wildman–Crippen MR) is 121 cm³/mol. The molecule has 0 aliphatic carbocycles. The van der Waals surface area contributed by atoms with Crippen molar-refractivity contribution >= 4 is 22.5 Å². The zero-order valence-electron chi connectivity index (χ0n) is 17.7. The number of aromatic nitrogens is 5. The molecule has 0 aliphatic rings. The molecule has 3 heterocycles. The minimum absolute atomic E-state index is 0.109. The van der Waals surface area contributed by atoms with Crippen LogP contribution in [0.1, 0.15) is 17.5 Å². The summed E-state index contributed by atoms with van der Waals surface area (Å²) in [6.45, 7) is 0. The van der Waals surface area contributed by atoms with Crippen LogP contribution in [0.4, 0.5) is 18.9 Å². The van der Waals surface area contributed by atoms with Gasteiger partial charge in [0.05, 0.1) is 29.3 Å². The van der Waals surface area contributed by atoms with E-state index in [9.17, 15) is 18.0 Å². The fourth-order valence-electron chi connectivity index (χ4n) is 3.70. The van der Waals surface area contributed by atoms with Gasteiger partial charge in [0.15, 0.2) is 0 Å². The third-order valence-corrected chi connectivity index (χ3v) is 5.53. The Bertz CT molecular complexity index is 1430. The number of carbonyl (C=O) groups excluding carboxylic acids is 1. The molecule has 0 bridgehead atoms. The summed E-state index contributed by atoms with van der Waals surface area (Å²) in [5, 5.41) is 14.7. The van der Waals surface area contributed by atoms with Gasteiger partial charge < -0.3 is 10.3 Å². The van der Waals surface area contributed by atoms with E-state index in [1.54, 1.807) is 31.0 Å². The van der Waals surface area contributed by atoms with Gasteiger partial charge in [-0.2, -0.15) is 23.4 Å². The van der Waals surface area contributed by atoms with Crippen molar-refractivity contribution in [1.82, 2.24) is 25.0 Å². The molecule has 0 unspecified atom stereocenters. The molecule has 0 saturated carbocycles. The Morgan fingerprint density at radius 1 is 1.03 bits per heavy atom. The number of rotatable bonds is 6. The fraction of sp³-hybridized carbons (Fsp3) is 0.125. The van der Waals surface area contributed by atoms with Crippen LogP contribution in [0.5, 0.6) is 0 Å². The van der Waals surface area contributed by atoms with Gasteiger partial charge >= 0.3 is 6.18 Å². The number of nitrogens with zero attached hydrogens (tertiary/aromatic N) is 3. The van der Waals surface area contributed by atoms with Crippen molar-refractivity contribution in [3.8, 4) is 16.8 Å². The van der Waals surface area contributed by atoms with Crippen LogP contribution in [0, 0.1) is 0 Å². The lowest BCUT2D eigenvalue weighted by molar-refractivity contribution is -0.137. The van der Waals surface area contributed by atoms with Gasteiger partial charge in [-0.05, 0) is 53.9 Å². The molecular formula is C24H19F3N6O. The lowest BCUT2D eigenvalue weighted by atomic mass is 10.1. The molecule has 34 heavy (non-hydrogen) atoms. The van der Waals surface area contributed by atoms with Crippen LogP contribution >= 0.6 is 0 Å². The molecule has 0 atom stereocenters. The quantitative estimate of drug-likeness (QED) is 0.317. The Labute approximate surface area is 191 Å². The Balaban J connectivity index is 1.34. The number of hydrogen-bond donors (Lipinski definition) is 3. The minimum Gasteiger partial charge on any atom is -0.359 e. The zero-order chi connectivity index (χ0) is 23.7. The average Bonchev–Trinajstić information content (AvgIpc) is 3.58. The van der Waals surface area contributed by atoms with Crippen molar-refractivity contribution in [2.24, 2.45) is 0 Å². The molecule has 5 aromatic rings.